The van der Waals surface area contributed by atoms with Crippen LogP contribution >= 0.6 is 0 Å². The Hall–Kier alpha value is -1.59. The van der Waals surface area contributed by atoms with Crippen LogP contribution in [0, 0.1) is 0 Å². The van der Waals surface area contributed by atoms with Gasteiger partial charge in [0.15, 0.2) is 0 Å². The van der Waals surface area contributed by atoms with Crippen molar-refractivity contribution in [2.75, 3.05) is 32.8 Å². The number of morpholine rings is 1. The molecule has 2 rings (SSSR count). The van der Waals surface area contributed by atoms with Crippen molar-refractivity contribution in [1.82, 2.24) is 4.90 Å². The van der Waals surface area contributed by atoms with Crippen molar-refractivity contribution >= 4 is 5.97 Å². The number of carbonyl (C=O) groups is 1. The molecule has 1 unspecified atom stereocenters. The van der Waals surface area contributed by atoms with E-state index in [-0.39, 0.29) is 12.6 Å². The van der Waals surface area contributed by atoms with Crippen LogP contribution in [0.4, 0.5) is 0 Å². The van der Waals surface area contributed by atoms with Gasteiger partial charge >= 0.3 is 5.97 Å². The van der Waals surface area contributed by atoms with Gasteiger partial charge in [-0.3, -0.25) is 9.69 Å². The van der Waals surface area contributed by atoms with Gasteiger partial charge in [-0.25, -0.2) is 0 Å². The van der Waals surface area contributed by atoms with Crippen LogP contribution < -0.4 is 4.74 Å². The fourth-order valence-corrected chi connectivity index (χ4v) is 2.18. The monoisotopic (exact) mass is 265 g/mol. The molecule has 0 saturated carbocycles. The second kappa shape index (κ2) is 6.54. The van der Waals surface area contributed by atoms with E-state index in [0.717, 1.165) is 11.3 Å². The van der Waals surface area contributed by atoms with Gasteiger partial charge in [-0.1, -0.05) is 12.1 Å². The minimum Gasteiger partial charge on any atom is -0.494 e. The molecule has 0 amide bonds. The summed E-state index contributed by atoms with van der Waals surface area (Å²) >= 11 is 0. The summed E-state index contributed by atoms with van der Waals surface area (Å²) in [4.78, 5) is 12.6. The van der Waals surface area contributed by atoms with Crippen LogP contribution in [-0.2, 0) is 9.53 Å². The molecule has 1 saturated heterocycles. The number of nitrogens with zero attached hydrogens (tertiary/aromatic N) is 1. The highest BCUT2D eigenvalue weighted by Crippen LogP contribution is 2.24. The normalized spacial score (nSPS) is 20.2. The number of aliphatic carboxylic acids is 1. The SMILES string of the molecule is CCOc1ccc(C2CN(CC(=O)O)CCO2)cc1. The van der Waals surface area contributed by atoms with Crippen LogP contribution in [0.1, 0.15) is 18.6 Å². The molecule has 1 heterocycles. The molecular formula is C14H19NO4. The Morgan fingerprint density at radius 3 is 2.84 bits per heavy atom. The lowest BCUT2D eigenvalue weighted by Gasteiger charge is -2.32. The van der Waals surface area contributed by atoms with Gasteiger partial charge in [-0.15, -0.1) is 0 Å². The number of hydrogen-bond donors (Lipinski definition) is 1. The van der Waals surface area contributed by atoms with E-state index < -0.39 is 5.97 Å². The predicted molar refractivity (Wildman–Crippen MR) is 70.4 cm³/mol. The van der Waals surface area contributed by atoms with Crippen molar-refractivity contribution in [3.8, 4) is 5.75 Å². The molecule has 1 aliphatic heterocycles. The fourth-order valence-electron chi connectivity index (χ4n) is 2.18. The van der Waals surface area contributed by atoms with Gasteiger partial charge in [-0.2, -0.15) is 0 Å². The summed E-state index contributed by atoms with van der Waals surface area (Å²) in [6, 6.07) is 7.77. The molecular weight excluding hydrogens is 246 g/mol. The van der Waals surface area contributed by atoms with Crippen LogP contribution in [0.15, 0.2) is 24.3 Å². The summed E-state index contributed by atoms with van der Waals surface area (Å²) in [6.45, 7) is 4.50. The molecule has 5 nitrogen and oxygen atoms in total. The highest BCUT2D eigenvalue weighted by molar-refractivity contribution is 5.69. The quantitative estimate of drug-likeness (QED) is 0.875. The lowest BCUT2D eigenvalue weighted by atomic mass is 10.1. The molecule has 1 aromatic rings. The maximum Gasteiger partial charge on any atom is 0.317 e. The highest BCUT2D eigenvalue weighted by atomic mass is 16.5. The van der Waals surface area contributed by atoms with Gasteiger partial charge in [-0.05, 0) is 24.6 Å². The van der Waals surface area contributed by atoms with E-state index in [9.17, 15) is 4.79 Å². The number of carboxylic acid groups (broad SMARTS) is 1. The highest BCUT2D eigenvalue weighted by Gasteiger charge is 2.23. The largest absolute Gasteiger partial charge is 0.494 e. The number of rotatable bonds is 5. The first-order valence-electron chi connectivity index (χ1n) is 6.47. The molecule has 0 radical (unpaired) electrons. The van der Waals surface area contributed by atoms with Crippen LogP contribution in [0.5, 0.6) is 5.75 Å². The zero-order chi connectivity index (χ0) is 13.7. The Morgan fingerprint density at radius 1 is 1.47 bits per heavy atom. The Bertz CT molecular complexity index is 418. The van der Waals surface area contributed by atoms with Crippen molar-refractivity contribution in [2.24, 2.45) is 0 Å². The van der Waals surface area contributed by atoms with Gasteiger partial charge < -0.3 is 14.6 Å². The molecule has 1 N–H and O–H groups in total. The smallest absolute Gasteiger partial charge is 0.317 e. The molecule has 0 aromatic heterocycles. The third kappa shape index (κ3) is 3.94. The van der Waals surface area contributed by atoms with Gasteiger partial charge in [0.05, 0.1) is 25.9 Å². The Morgan fingerprint density at radius 2 is 2.21 bits per heavy atom. The maximum atomic E-state index is 10.7. The van der Waals surface area contributed by atoms with Gasteiger partial charge in [0.2, 0.25) is 0 Å². The van der Waals surface area contributed by atoms with E-state index in [2.05, 4.69) is 0 Å². The molecule has 0 bridgehead atoms. The third-order valence-corrected chi connectivity index (χ3v) is 3.07. The molecule has 5 heteroatoms. The van der Waals surface area contributed by atoms with E-state index in [1.54, 1.807) is 0 Å². The Balaban J connectivity index is 1.98. The summed E-state index contributed by atoms with van der Waals surface area (Å²) in [5.74, 6) is 0.0387. The average molecular weight is 265 g/mol. The molecule has 1 aromatic carbocycles. The maximum absolute atomic E-state index is 10.7. The first-order valence-corrected chi connectivity index (χ1v) is 6.47. The topological polar surface area (TPSA) is 59.0 Å². The van der Waals surface area contributed by atoms with Crippen LogP contribution in [-0.4, -0.2) is 48.8 Å². The molecule has 104 valence electrons. The van der Waals surface area contributed by atoms with Crippen LogP contribution in [0.2, 0.25) is 0 Å². The van der Waals surface area contributed by atoms with E-state index in [0.29, 0.717) is 26.3 Å². The zero-order valence-electron chi connectivity index (χ0n) is 11.0. The van der Waals surface area contributed by atoms with E-state index >= 15 is 0 Å². The standard InChI is InChI=1S/C14H19NO4/c1-2-18-12-5-3-11(4-6-12)13-9-15(7-8-19-13)10-14(16)17/h3-6,13H,2,7-10H2,1H3,(H,16,17). The number of benzene rings is 1. The summed E-state index contributed by atoms with van der Waals surface area (Å²) < 4.78 is 11.1. The third-order valence-electron chi connectivity index (χ3n) is 3.07. The van der Waals surface area contributed by atoms with E-state index in [1.165, 1.54) is 0 Å². The van der Waals surface area contributed by atoms with Crippen LogP contribution in [0.3, 0.4) is 0 Å². The Labute approximate surface area is 112 Å². The first-order chi connectivity index (χ1) is 9.19. The van der Waals surface area contributed by atoms with Crippen LogP contribution in [0.25, 0.3) is 0 Å². The fraction of sp³-hybridized carbons (Fsp3) is 0.500. The predicted octanol–water partition coefficient (Wildman–Crippen LogP) is 1.54. The number of carboxylic acids is 1. The van der Waals surface area contributed by atoms with Gasteiger partial charge in [0.25, 0.3) is 0 Å². The average Bonchev–Trinajstić information content (AvgIpc) is 2.39. The van der Waals surface area contributed by atoms with Gasteiger partial charge in [0.1, 0.15) is 5.75 Å². The zero-order valence-corrected chi connectivity index (χ0v) is 11.0. The van der Waals surface area contributed by atoms with Crippen molar-refractivity contribution in [3.05, 3.63) is 29.8 Å². The van der Waals surface area contributed by atoms with Crippen molar-refractivity contribution < 1.29 is 19.4 Å². The second-order valence-electron chi connectivity index (χ2n) is 4.49. The van der Waals surface area contributed by atoms with Crippen molar-refractivity contribution in [2.45, 2.75) is 13.0 Å². The van der Waals surface area contributed by atoms with E-state index in [4.69, 9.17) is 14.6 Å². The first kappa shape index (κ1) is 13.8. The Kier molecular flexibility index (Phi) is 4.76. The molecule has 1 aliphatic rings. The minimum atomic E-state index is -0.799. The molecule has 1 fully saturated rings. The van der Waals surface area contributed by atoms with Crippen molar-refractivity contribution in [3.63, 3.8) is 0 Å². The lowest BCUT2D eigenvalue weighted by molar-refractivity contribution is -0.140. The number of ether oxygens (including phenoxy) is 2. The van der Waals surface area contributed by atoms with E-state index in [1.807, 2.05) is 36.1 Å². The molecule has 1 atom stereocenters. The lowest BCUT2D eigenvalue weighted by Crippen LogP contribution is -2.41. The molecule has 0 spiro atoms. The van der Waals surface area contributed by atoms with Gasteiger partial charge in [0, 0.05) is 13.1 Å². The minimum absolute atomic E-state index is 0.0659. The summed E-state index contributed by atoms with van der Waals surface area (Å²) in [5, 5.41) is 8.82. The summed E-state index contributed by atoms with van der Waals surface area (Å²) in [7, 11) is 0. The number of hydrogen-bond acceptors (Lipinski definition) is 4. The second-order valence-corrected chi connectivity index (χ2v) is 4.49. The summed E-state index contributed by atoms with van der Waals surface area (Å²) in [5.41, 5.74) is 1.05. The van der Waals surface area contributed by atoms with Crippen molar-refractivity contribution in [1.29, 1.82) is 0 Å². The summed E-state index contributed by atoms with van der Waals surface area (Å²) in [6.07, 6.45) is -0.0659. The molecule has 19 heavy (non-hydrogen) atoms. The molecule has 0 aliphatic carbocycles.